The maximum Gasteiger partial charge on any atom is 0.271 e. The van der Waals surface area contributed by atoms with E-state index in [0.717, 1.165) is 18.7 Å². The Balaban J connectivity index is 1.62. The molecule has 0 radical (unpaired) electrons. The number of nitrogens with zero attached hydrogens (tertiary/aromatic N) is 2. The van der Waals surface area contributed by atoms with E-state index in [4.69, 9.17) is 0 Å². The molecule has 7 nitrogen and oxygen atoms in total. The highest BCUT2D eigenvalue weighted by molar-refractivity contribution is 5.98. The number of fused-ring (bicyclic) bond motifs is 1. The number of hydrogen-bond acceptors (Lipinski definition) is 4. The summed E-state index contributed by atoms with van der Waals surface area (Å²) < 4.78 is 1.64. The van der Waals surface area contributed by atoms with Crippen molar-refractivity contribution in [2.75, 3.05) is 20.1 Å². The van der Waals surface area contributed by atoms with Crippen LogP contribution in [0.3, 0.4) is 0 Å². The van der Waals surface area contributed by atoms with E-state index in [-0.39, 0.29) is 29.6 Å². The third kappa shape index (κ3) is 2.88. The predicted octanol–water partition coefficient (Wildman–Crippen LogP) is 0.800. The average molecular weight is 353 g/mol. The van der Waals surface area contributed by atoms with Gasteiger partial charge in [-0.25, -0.2) is 0 Å². The minimum Gasteiger partial charge on any atom is -0.354 e. The van der Waals surface area contributed by atoms with Gasteiger partial charge in [0.15, 0.2) is 5.69 Å². The molecule has 2 fully saturated rings. The summed E-state index contributed by atoms with van der Waals surface area (Å²) in [6, 6.07) is 11.5. The van der Waals surface area contributed by atoms with Gasteiger partial charge in [-0.05, 0) is 24.3 Å². The second kappa shape index (κ2) is 6.57. The second-order valence-electron chi connectivity index (χ2n) is 7.01. The van der Waals surface area contributed by atoms with Gasteiger partial charge >= 0.3 is 0 Å². The first-order valence-corrected chi connectivity index (χ1v) is 8.98. The largest absolute Gasteiger partial charge is 0.354 e. The van der Waals surface area contributed by atoms with Gasteiger partial charge in [0.1, 0.15) is 5.69 Å². The van der Waals surface area contributed by atoms with Crippen molar-refractivity contribution in [2.24, 2.45) is 11.8 Å². The highest BCUT2D eigenvalue weighted by atomic mass is 16.2. The zero-order valence-corrected chi connectivity index (χ0v) is 14.9. The Morgan fingerprint density at radius 2 is 1.88 bits per heavy atom. The fourth-order valence-electron chi connectivity index (χ4n) is 3.83. The summed E-state index contributed by atoms with van der Waals surface area (Å²) in [5.41, 5.74) is 1.69. The molecule has 0 unspecified atom stereocenters. The molecule has 4 atom stereocenters. The lowest BCUT2D eigenvalue weighted by Gasteiger charge is -2.16. The summed E-state index contributed by atoms with van der Waals surface area (Å²) in [6.07, 6.45) is 0. The van der Waals surface area contributed by atoms with Crippen LogP contribution in [0.2, 0.25) is 0 Å². The highest BCUT2D eigenvalue weighted by Gasteiger charge is 2.53. The van der Waals surface area contributed by atoms with E-state index in [9.17, 15) is 9.59 Å². The SMILES string of the molecule is CNC(=O)c1cc(C(=O)N[C@H]2[C@@H]3CNC[C@@H]32)n([C@@H](C)c2ccccc2)n1. The molecule has 0 bridgehead atoms. The number of benzene rings is 1. The van der Waals surface area contributed by atoms with Gasteiger partial charge in [-0.3, -0.25) is 14.3 Å². The zero-order valence-electron chi connectivity index (χ0n) is 14.9. The van der Waals surface area contributed by atoms with Crippen LogP contribution in [0.15, 0.2) is 36.4 Å². The van der Waals surface area contributed by atoms with E-state index in [1.165, 1.54) is 0 Å². The van der Waals surface area contributed by atoms with E-state index in [1.54, 1.807) is 17.8 Å². The number of rotatable bonds is 5. The fourth-order valence-corrected chi connectivity index (χ4v) is 3.83. The molecule has 1 saturated heterocycles. The number of aromatic nitrogens is 2. The standard InChI is InChI=1S/C19H23N5O2/c1-11(12-6-4-3-5-7-12)24-16(8-15(23-24)18(25)20-2)19(26)22-17-13-9-21-10-14(13)17/h3-8,11,13-14,17,21H,9-10H2,1-2H3,(H,20,25)(H,22,26)/t11-,13-,14+,17+/m0/s1. The number of amides is 2. The molecule has 2 heterocycles. The number of piperidine rings is 1. The average Bonchev–Trinajstić information content (AvgIpc) is 3.07. The van der Waals surface area contributed by atoms with Crippen LogP contribution in [0.5, 0.6) is 0 Å². The van der Waals surface area contributed by atoms with Gasteiger partial charge in [-0.15, -0.1) is 0 Å². The van der Waals surface area contributed by atoms with Crippen LogP contribution in [-0.2, 0) is 0 Å². The van der Waals surface area contributed by atoms with Crippen LogP contribution < -0.4 is 16.0 Å². The van der Waals surface area contributed by atoms with E-state index in [0.29, 0.717) is 17.5 Å². The van der Waals surface area contributed by atoms with Gasteiger partial charge in [-0.2, -0.15) is 5.10 Å². The Bertz CT molecular complexity index is 822. The van der Waals surface area contributed by atoms with E-state index >= 15 is 0 Å². The third-order valence-corrected chi connectivity index (χ3v) is 5.47. The number of carbonyl (C=O) groups excluding carboxylic acids is 2. The molecule has 136 valence electrons. The van der Waals surface area contributed by atoms with Crippen molar-refractivity contribution < 1.29 is 9.59 Å². The van der Waals surface area contributed by atoms with Crippen molar-refractivity contribution in [2.45, 2.75) is 19.0 Å². The van der Waals surface area contributed by atoms with Crippen LogP contribution in [-0.4, -0.2) is 47.8 Å². The van der Waals surface area contributed by atoms with Crippen LogP contribution in [0.4, 0.5) is 0 Å². The Morgan fingerprint density at radius 1 is 1.19 bits per heavy atom. The molecule has 1 aliphatic heterocycles. The van der Waals surface area contributed by atoms with Crippen molar-refractivity contribution in [3.63, 3.8) is 0 Å². The van der Waals surface area contributed by atoms with Crippen molar-refractivity contribution in [3.8, 4) is 0 Å². The lowest BCUT2D eigenvalue weighted by molar-refractivity contribution is 0.0931. The molecule has 1 aromatic carbocycles. The molecule has 1 saturated carbocycles. The molecule has 3 N–H and O–H groups in total. The quantitative estimate of drug-likeness (QED) is 0.742. The molecular formula is C19H23N5O2. The monoisotopic (exact) mass is 353 g/mol. The molecule has 2 aliphatic rings. The van der Waals surface area contributed by atoms with Crippen molar-refractivity contribution in [1.29, 1.82) is 0 Å². The predicted molar refractivity (Wildman–Crippen MR) is 97.0 cm³/mol. The zero-order chi connectivity index (χ0) is 18.3. The molecule has 26 heavy (non-hydrogen) atoms. The molecule has 1 aromatic heterocycles. The van der Waals surface area contributed by atoms with Crippen LogP contribution >= 0.6 is 0 Å². The number of carbonyl (C=O) groups is 2. The molecule has 2 amide bonds. The van der Waals surface area contributed by atoms with Gasteiger partial charge in [-0.1, -0.05) is 30.3 Å². The Morgan fingerprint density at radius 3 is 2.54 bits per heavy atom. The van der Waals surface area contributed by atoms with Gasteiger partial charge in [0.05, 0.1) is 6.04 Å². The number of nitrogens with one attached hydrogen (secondary N) is 3. The summed E-state index contributed by atoms with van der Waals surface area (Å²) in [5.74, 6) is 0.584. The fraction of sp³-hybridized carbons (Fsp3) is 0.421. The van der Waals surface area contributed by atoms with Crippen LogP contribution in [0.25, 0.3) is 0 Å². The minimum atomic E-state index is -0.300. The molecule has 2 aromatic rings. The summed E-state index contributed by atoms with van der Waals surface area (Å²) in [5, 5.41) is 13.4. The van der Waals surface area contributed by atoms with Crippen molar-refractivity contribution in [3.05, 3.63) is 53.3 Å². The van der Waals surface area contributed by atoms with Crippen LogP contribution in [0, 0.1) is 11.8 Å². The summed E-state index contributed by atoms with van der Waals surface area (Å²) in [6.45, 7) is 3.89. The maximum absolute atomic E-state index is 12.9. The van der Waals surface area contributed by atoms with Crippen LogP contribution in [0.1, 0.15) is 39.5 Å². The van der Waals surface area contributed by atoms with E-state index in [1.807, 2.05) is 37.3 Å². The van der Waals surface area contributed by atoms with Gasteiger partial charge < -0.3 is 16.0 Å². The summed E-state index contributed by atoms with van der Waals surface area (Å²) >= 11 is 0. The maximum atomic E-state index is 12.9. The van der Waals surface area contributed by atoms with Gasteiger partial charge in [0.2, 0.25) is 0 Å². The van der Waals surface area contributed by atoms with Crippen molar-refractivity contribution in [1.82, 2.24) is 25.7 Å². The van der Waals surface area contributed by atoms with E-state index < -0.39 is 0 Å². The first-order valence-electron chi connectivity index (χ1n) is 8.98. The molecule has 1 aliphatic carbocycles. The third-order valence-electron chi connectivity index (χ3n) is 5.47. The first kappa shape index (κ1) is 16.8. The Kier molecular flexibility index (Phi) is 4.24. The summed E-state index contributed by atoms with van der Waals surface area (Å²) in [4.78, 5) is 24.9. The van der Waals surface area contributed by atoms with E-state index in [2.05, 4.69) is 21.0 Å². The highest BCUT2D eigenvalue weighted by Crippen LogP contribution is 2.41. The minimum absolute atomic E-state index is 0.157. The van der Waals surface area contributed by atoms with Gasteiger partial charge in [0.25, 0.3) is 11.8 Å². The summed E-state index contributed by atoms with van der Waals surface area (Å²) in [7, 11) is 1.56. The number of hydrogen-bond donors (Lipinski definition) is 3. The molecule has 0 spiro atoms. The first-order chi connectivity index (χ1) is 12.6. The topological polar surface area (TPSA) is 88.0 Å². The smallest absolute Gasteiger partial charge is 0.271 e. The lowest BCUT2D eigenvalue weighted by Crippen LogP contribution is -2.34. The molecular weight excluding hydrogens is 330 g/mol. The Hall–Kier alpha value is -2.67. The Labute approximate surface area is 152 Å². The van der Waals surface area contributed by atoms with Gasteiger partial charge in [0, 0.05) is 32.2 Å². The second-order valence-corrected chi connectivity index (χ2v) is 7.01. The molecule has 4 rings (SSSR count). The normalized spacial score (nSPS) is 24.6. The lowest BCUT2D eigenvalue weighted by atomic mass is 10.1. The molecule has 7 heteroatoms. The van der Waals surface area contributed by atoms with Crippen molar-refractivity contribution >= 4 is 11.8 Å².